The third-order valence-electron chi connectivity index (χ3n) is 10.5. The summed E-state index contributed by atoms with van der Waals surface area (Å²) in [6.45, 7) is 17.2. The molecule has 0 saturated heterocycles. The summed E-state index contributed by atoms with van der Waals surface area (Å²) in [7, 11) is -1.24. The van der Waals surface area contributed by atoms with Crippen molar-refractivity contribution in [2.45, 2.75) is 84.9 Å². The van der Waals surface area contributed by atoms with E-state index in [-0.39, 0.29) is 23.6 Å². The fraction of sp³-hybridized carbons (Fsp3) is 0.422. The van der Waals surface area contributed by atoms with E-state index in [1.165, 1.54) is 23.5 Å². The Morgan fingerprint density at radius 1 is 0.966 bits per heavy atom. The van der Waals surface area contributed by atoms with E-state index >= 15 is 4.39 Å². The molecule has 0 aliphatic carbocycles. The number of benzene rings is 3. The van der Waals surface area contributed by atoms with Crippen LogP contribution in [0.2, 0.25) is 5.04 Å². The number of nitrogen functional groups attached to an aromatic ring is 1. The molecule has 6 rings (SSSR count). The van der Waals surface area contributed by atoms with Gasteiger partial charge in [0.05, 0.1) is 32.0 Å². The topological polar surface area (TPSA) is 121 Å². The molecule has 5 aromatic rings. The highest BCUT2D eigenvalue weighted by atomic mass is 28.4. The average molecular weight is 808 g/mol. The number of amides is 1. The third-order valence-corrected chi connectivity index (χ3v) is 15.6. The van der Waals surface area contributed by atoms with Gasteiger partial charge in [-0.3, -0.25) is 4.68 Å². The van der Waals surface area contributed by atoms with Crippen molar-refractivity contribution in [2.75, 3.05) is 50.5 Å². The number of anilines is 2. The molecule has 1 amide bonds. The number of hydrogen-bond acceptors (Lipinski definition) is 9. The Labute approximate surface area is 343 Å². The molecule has 2 N–H and O–H groups in total. The lowest BCUT2D eigenvalue weighted by Gasteiger charge is -2.43. The highest BCUT2D eigenvalue weighted by molar-refractivity contribution is 6.99. The number of halogens is 1. The standard InChI is InChI=1S/C45H58FN7O4Si/c1-9-10-23-51(26-27-56-58(45(5,6)7,34-17-13-11-14-18-34)35-19-15-12-16-20-35)41-40-38(48-42(47)49-41)31-53(50-40)30-36-37(46)28-33(29-39(36)55-8)32-21-24-52(25-22-32)43(54)57-44(2,3)4/h11-21,28-29,31H,9-10,22-27,30H2,1-8H3,(H2,47,48). The fourth-order valence-electron chi connectivity index (χ4n) is 7.72. The lowest BCUT2D eigenvalue weighted by Crippen LogP contribution is -2.67. The van der Waals surface area contributed by atoms with Crippen LogP contribution in [0.4, 0.5) is 21.0 Å². The van der Waals surface area contributed by atoms with Gasteiger partial charge in [-0.15, -0.1) is 0 Å². The molecule has 0 bridgehead atoms. The second-order valence-electron chi connectivity index (χ2n) is 16.9. The quantitative estimate of drug-likeness (QED) is 0.112. The molecule has 0 unspecified atom stereocenters. The zero-order valence-corrected chi connectivity index (χ0v) is 36.2. The number of carbonyl (C=O) groups is 1. The summed E-state index contributed by atoms with van der Waals surface area (Å²) in [4.78, 5) is 25.7. The zero-order valence-electron chi connectivity index (χ0n) is 35.2. The SMILES string of the molecule is CCCCN(CCO[Si](c1ccccc1)(c1ccccc1)C(C)(C)C)c1nc(N)nc2cn(Cc3c(F)cc(C4=CCN(C(=O)OC(C)(C)C)CC4)cc3OC)nc12. The van der Waals surface area contributed by atoms with E-state index in [0.29, 0.717) is 72.9 Å². The maximum atomic E-state index is 16.1. The number of fused-ring (bicyclic) bond motifs is 1. The Hall–Kier alpha value is -5.27. The van der Waals surface area contributed by atoms with Crippen LogP contribution in [0.5, 0.6) is 5.75 Å². The summed E-state index contributed by atoms with van der Waals surface area (Å²) in [5.74, 6) is 0.741. The number of rotatable bonds is 14. The Kier molecular flexibility index (Phi) is 12.9. The normalized spacial score (nSPS) is 13.7. The highest BCUT2D eigenvalue weighted by Gasteiger charge is 2.50. The Bertz CT molecular complexity index is 2180. The molecule has 1 aliphatic rings. The van der Waals surface area contributed by atoms with Gasteiger partial charge in [0.25, 0.3) is 8.32 Å². The van der Waals surface area contributed by atoms with E-state index in [1.54, 1.807) is 15.8 Å². The van der Waals surface area contributed by atoms with Crippen LogP contribution in [0.25, 0.3) is 16.6 Å². The first-order valence-corrected chi connectivity index (χ1v) is 22.1. The first-order valence-electron chi connectivity index (χ1n) is 20.2. The van der Waals surface area contributed by atoms with Crippen molar-refractivity contribution in [3.63, 3.8) is 0 Å². The van der Waals surface area contributed by atoms with E-state index in [2.05, 4.69) is 86.1 Å². The summed E-state index contributed by atoms with van der Waals surface area (Å²) in [6.07, 6.45) is 5.82. The minimum atomic E-state index is -2.77. The van der Waals surface area contributed by atoms with Gasteiger partial charge in [0.2, 0.25) is 5.95 Å². The summed E-state index contributed by atoms with van der Waals surface area (Å²) in [5.41, 5.74) is 8.91. The summed E-state index contributed by atoms with van der Waals surface area (Å²) >= 11 is 0. The maximum Gasteiger partial charge on any atom is 0.410 e. The van der Waals surface area contributed by atoms with Crippen molar-refractivity contribution in [1.29, 1.82) is 0 Å². The second kappa shape index (κ2) is 17.7. The predicted octanol–water partition coefficient (Wildman–Crippen LogP) is 7.81. The van der Waals surface area contributed by atoms with Gasteiger partial charge in [0, 0.05) is 26.2 Å². The lowest BCUT2D eigenvalue weighted by atomic mass is 9.97. The zero-order chi connectivity index (χ0) is 41.7. The Balaban J connectivity index is 1.26. The van der Waals surface area contributed by atoms with Crippen LogP contribution >= 0.6 is 0 Å². The minimum Gasteiger partial charge on any atom is -0.496 e. The first kappa shape index (κ1) is 42.3. The number of nitrogens with two attached hydrogens (primary N) is 1. The van der Waals surface area contributed by atoms with Crippen LogP contribution in [-0.4, -0.2) is 84.6 Å². The lowest BCUT2D eigenvalue weighted by molar-refractivity contribution is 0.0270. The van der Waals surface area contributed by atoms with E-state index in [9.17, 15) is 4.79 Å². The highest BCUT2D eigenvalue weighted by Crippen LogP contribution is 2.37. The molecule has 0 saturated carbocycles. The van der Waals surface area contributed by atoms with E-state index in [4.69, 9.17) is 29.7 Å². The molecule has 308 valence electrons. The van der Waals surface area contributed by atoms with Gasteiger partial charge in [0.1, 0.15) is 22.7 Å². The van der Waals surface area contributed by atoms with Crippen molar-refractivity contribution in [2.24, 2.45) is 0 Å². The van der Waals surface area contributed by atoms with Crippen LogP contribution in [-0.2, 0) is 15.7 Å². The molecule has 3 heterocycles. The molecule has 13 heteroatoms. The van der Waals surface area contributed by atoms with Crippen molar-refractivity contribution >= 4 is 53.2 Å². The number of methoxy groups -OCH3 is 1. The Morgan fingerprint density at radius 3 is 2.21 bits per heavy atom. The van der Waals surface area contributed by atoms with Crippen LogP contribution in [0.1, 0.15) is 78.9 Å². The summed E-state index contributed by atoms with van der Waals surface area (Å²) in [5, 5.41) is 7.20. The molecule has 0 atom stereocenters. The Morgan fingerprint density at radius 2 is 1.64 bits per heavy atom. The van der Waals surface area contributed by atoms with Gasteiger partial charge in [-0.05, 0) is 72.3 Å². The minimum absolute atomic E-state index is 0.0996. The number of unbranched alkanes of at least 4 members (excludes halogenated alkanes) is 1. The van der Waals surface area contributed by atoms with Gasteiger partial charge < -0.3 is 29.4 Å². The molecule has 2 aromatic heterocycles. The molecule has 0 fully saturated rings. The molecule has 11 nitrogen and oxygen atoms in total. The number of nitrogens with zero attached hydrogens (tertiary/aromatic N) is 6. The molecular weight excluding hydrogens is 750 g/mol. The van der Waals surface area contributed by atoms with E-state index in [1.807, 2.05) is 45.0 Å². The predicted molar refractivity (Wildman–Crippen MR) is 233 cm³/mol. The van der Waals surface area contributed by atoms with Crippen LogP contribution in [0, 0.1) is 5.82 Å². The molecule has 58 heavy (non-hydrogen) atoms. The molecule has 3 aromatic carbocycles. The van der Waals surface area contributed by atoms with E-state index < -0.39 is 19.7 Å². The number of hydrogen-bond donors (Lipinski definition) is 1. The monoisotopic (exact) mass is 807 g/mol. The van der Waals surface area contributed by atoms with Crippen LogP contribution in [0.15, 0.2) is 85.1 Å². The van der Waals surface area contributed by atoms with Crippen molar-refractivity contribution in [3.8, 4) is 5.75 Å². The van der Waals surface area contributed by atoms with Crippen molar-refractivity contribution < 1.29 is 23.1 Å². The van der Waals surface area contributed by atoms with Gasteiger partial charge >= 0.3 is 6.09 Å². The molecular formula is C45H58FN7O4Si. The van der Waals surface area contributed by atoms with Crippen molar-refractivity contribution in [3.05, 3.63) is 102 Å². The number of ether oxygens (including phenoxy) is 2. The summed E-state index contributed by atoms with van der Waals surface area (Å²) < 4.78 is 36.3. The molecule has 0 radical (unpaired) electrons. The average Bonchev–Trinajstić information content (AvgIpc) is 3.60. The maximum absolute atomic E-state index is 16.1. The van der Waals surface area contributed by atoms with Gasteiger partial charge in [-0.25, -0.2) is 14.2 Å². The van der Waals surface area contributed by atoms with Gasteiger partial charge in [-0.1, -0.05) is 101 Å². The van der Waals surface area contributed by atoms with Crippen molar-refractivity contribution in [1.82, 2.24) is 24.6 Å². The van der Waals surface area contributed by atoms with Crippen LogP contribution < -0.4 is 25.7 Å². The third kappa shape index (κ3) is 9.37. The summed E-state index contributed by atoms with van der Waals surface area (Å²) in [6, 6.07) is 24.6. The number of carbonyl (C=O) groups excluding carboxylic acids is 1. The van der Waals surface area contributed by atoms with Crippen LogP contribution in [0.3, 0.4) is 0 Å². The largest absolute Gasteiger partial charge is 0.496 e. The number of aromatic nitrogens is 4. The van der Waals surface area contributed by atoms with Gasteiger partial charge in [0.15, 0.2) is 11.3 Å². The first-order chi connectivity index (χ1) is 27.6. The molecule has 0 spiro atoms. The smallest absolute Gasteiger partial charge is 0.410 e. The van der Waals surface area contributed by atoms with Gasteiger partial charge in [-0.2, -0.15) is 10.1 Å². The molecule has 1 aliphatic heterocycles. The fourth-order valence-corrected chi connectivity index (χ4v) is 12.3. The second-order valence-corrected chi connectivity index (χ2v) is 21.2. The van der Waals surface area contributed by atoms with E-state index in [0.717, 1.165) is 18.4 Å².